The van der Waals surface area contributed by atoms with Crippen LogP contribution < -0.4 is 10.5 Å². The van der Waals surface area contributed by atoms with Gasteiger partial charge in [0, 0.05) is 13.1 Å². The molecule has 2 aliphatic carbocycles. The number of fused-ring (bicyclic) bond motifs is 4. The fourth-order valence-corrected chi connectivity index (χ4v) is 3.89. The first-order valence-corrected chi connectivity index (χ1v) is 7.86. The second kappa shape index (κ2) is 4.55. The first-order chi connectivity index (χ1) is 10.1. The van der Waals surface area contributed by atoms with Crippen LogP contribution in [-0.4, -0.2) is 36.9 Å². The van der Waals surface area contributed by atoms with Crippen molar-refractivity contribution >= 4 is 5.78 Å². The SMILES string of the molecule is COc1ccc2c(c1)C1(N)CCN(CC3CC3)C(C2)C1=O. The van der Waals surface area contributed by atoms with Gasteiger partial charge in [0.15, 0.2) is 5.78 Å². The van der Waals surface area contributed by atoms with Crippen molar-refractivity contribution in [3.8, 4) is 5.75 Å². The molecule has 3 aliphatic rings. The van der Waals surface area contributed by atoms with Crippen molar-refractivity contribution in [2.75, 3.05) is 20.2 Å². The van der Waals surface area contributed by atoms with Gasteiger partial charge in [-0.2, -0.15) is 0 Å². The Hall–Kier alpha value is -1.39. The second-order valence-electron chi connectivity index (χ2n) is 6.77. The Labute approximate surface area is 125 Å². The fourth-order valence-electron chi connectivity index (χ4n) is 3.89. The minimum Gasteiger partial charge on any atom is -0.497 e. The van der Waals surface area contributed by atoms with Crippen LogP contribution in [-0.2, 0) is 16.8 Å². The van der Waals surface area contributed by atoms with Crippen LogP contribution in [0.4, 0.5) is 0 Å². The minimum absolute atomic E-state index is 0.0229. The fraction of sp³-hybridized carbons (Fsp3) is 0.588. The number of hydrogen-bond acceptors (Lipinski definition) is 4. The standard InChI is InChI=1S/C17H22N2O2/c1-21-13-5-4-12-8-15-16(20)17(18,14(12)9-13)6-7-19(15)10-11-2-3-11/h4-5,9,11,15H,2-3,6-8,10,18H2,1H3. The molecule has 1 saturated carbocycles. The zero-order valence-electron chi connectivity index (χ0n) is 12.5. The molecular formula is C17H22N2O2. The molecule has 1 aromatic carbocycles. The topological polar surface area (TPSA) is 55.6 Å². The lowest BCUT2D eigenvalue weighted by molar-refractivity contribution is -0.135. The molecule has 112 valence electrons. The summed E-state index contributed by atoms with van der Waals surface area (Å²) in [5, 5.41) is 0. The lowest BCUT2D eigenvalue weighted by Crippen LogP contribution is -2.64. The molecular weight excluding hydrogens is 264 g/mol. The van der Waals surface area contributed by atoms with E-state index in [0.717, 1.165) is 43.2 Å². The van der Waals surface area contributed by atoms with Crippen molar-refractivity contribution in [2.45, 2.75) is 37.3 Å². The first kappa shape index (κ1) is 13.3. The number of hydrogen-bond donors (Lipinski definition) is 1. The average Bonchev–Trinajstić information content (AvgIpc) is 3.30. The highest BCUT2D eigenvalue weighted by Gasteiger charge is 2.51. The zero-order chi connectivity index (χ0) is 14.6. The third kappa shape index (κ3) is 2.00. The van der Waals surface area contributed by atoms with Gasteiger partial charge in [-0.15, -0.1) is 0 Å². The van der Waals surface area contributed by atoms with Gasteiger partial charge < -0.3 is 10.5 Å². The molecule has 21 heavy (non-hydrogen) atoms. The number of benzene rings is 1. The maximum atomic E-state index is 12.9. The van der Waals surface area contributed by atoms with E-state index >= 15 is 0 Å². The van der Waals surface area contributed by atoms with Crippen molar-refractivity contribution in [1.29, 1.82) is 0 Å². The normalized spacial score (nSPS) is 31.9. The van der Waals surface area contributed by atoms with E-state index in [1.807, 2.05) is 12.1 Å². The highest BCUT2D eigenvalue weighted by molar-refractivity contribution is 5.97. The summed E-state index contributed by atoms with van der Waals surface area (Å²) in [6.45, 7) is 2.00. The Bertz CT molecular complexity index is 596. The monoisotopic (exact) mass is 286 g/mol. The number of methoxy groups -OCH3 is 1. The largest absolute Gasteiger partial charge is 0.497 e. The molecule has 4 heteroatoms. The quantitative estimate of drug-likeness (QED) is 0.914. The molecule has 2 fully saturated rings. The number of nitrogens with two attached hydrogens (primary N) is 1. The van der Waals surface area contributed by atoms with Crippen LogP contribution in [0.1, 0.15) is 30.4 Å². The number of rotatable bonds is 3. The summed E-state index contributed by atoms with van der Waals surface area (Å²) in [7, 11) is 1.65. The van der Waals surface area contributed by atoms with Gasteiger partial charge in [0.25, 0.3) is 0 Å². The molecule has 1 saturated heterocycles. The van der Waals surface area contributed by atoms with Crippen LogP contribution in [0, 0.1) is 5.92 Å². The summed E-state index contributed by atoms with van der Waals surface area (Å²) < 4.78 is 5.30. The van der Waals surface area contributed by atoms with Crippen molar-refractivity contribution < 1.29 is 9.53 Å². The Morgan fingerprint density at radius 3 is 2.95 bits per heavy atom. The lowest BCUT2D eigenvalue weighted by atomic mass is 9.69. The summed E-state index contributed by atoms with van der Waals surface area (Å²) in [5.74, 6) is 1.79. The summed E-state index contributed by atoms with van der Waals surface area (Å²) in [4.78, 5) is 15.3. The Balaban J connectivity index is 1.72. The van der Waals surface area contributed by atoms with Crippen molar-refractivity contribution in [1.82, 2.24) is 4.90 Å². The van der Waals surface area contributed by atoms with Crippen molar-refractivity contribution in [3.63, 3.8) is 0 Å². The maximum absolute atomic E-state index is 12.9. The van der Waals surface area contributed by atoms with E-state index in [-0.39, 0.29) is 11.8 Å². The van der Waals surface area contributed by atoms with Gasteiger partial charge in [-0.3, -0.25) is 9.69 Å². The zero-order valence-corrected chi connectivity index (χ0v) is 12.5. The van der Waals surface area contributed by atoms with E-state index in [2.05, 4.69) is 11.0 Å². The number of carbonyl (C=O) groups excluding carboxylic acids is 1. The van der Waals surface area contributed by atoms with Gasteiger partial charge >= 0.3 is 0 Å². The number of carbonyl (C=O) groups is 1. The Kier molecular flexibility index (Phi) is 2.88. The smallest absolute Gasteiger partial charge is 0.174 e. The molecule has 0 amide bonds. The van der Waals surface area contributed by atoms with Gasteiger partial charge in [-0.25, -0.2) is 0 Å². The lowest BCUT2D eigenvalue weighted by Gasteiger charge is -2.48. The number of likely N-dealkylation sites (tertiary alicyclic amines) is 1. The molecule has 2 atom stereocenters. The number of Topliss-reactive ketones (excluding diaryl/α,β-unsaturated/α-hetero) is 1. The number of ether oxygens (including phenoxy) is 1. The average molecular weight is 286 g/mol. The summed E-state index contributed by atoms with van der Waals surface area (Å²) in [5.41, 5.74) is 7.94. The van der Waals surface area contributed by atoms with E-state index in [9.17, 15) is 4.79 Å². The molecule has 0 radical (unpaired) electrons. The molecule has 2 unspecified atom stereocenters. The highest BCUT2D eigenvalue weighted by atomic mass is 16.5. The van der Waals surface area contributed by atoms with Crippen LogP contribution in [0.2, 0.25) is 0 Å². The first-order valence-electron chi connectivity index (χ1n) is 7.86. The summed E-state index contributed by atoms with van der Waals surface area (Å²) in [6.07, 6.45) is 4.15. The molecule has 1 heterocycles. The Morgan fingerprint density at radius 2 is 2.24 bits per heavy atom. The highest BCUT2D eigenvalue weighted by Crippen LogP contribution is 2.42. The number of nitrogens with zero attached hydrogens (tertiary/aromatic N) is 1. The molecule has 4 rings (SSSR count). The van der Waals surface area contributed by atoms with Gasteiger partial charge in [0.1, 0.15) is 11.3 Å². The molecule has 1 aliphatic heterocycles. The van der Waals surface area contributed by atoms with Crippen LogP contribution in [0.25, 0.3) is 0 Å². The molecule has 0 spiro atoms. The van der Waals surface area contributed by atoms with Crippen LogP contribution >= 0.6 is 0 Å². The van der Waals surface area contributed by atoms with E-state index in [4.69, 9.17) is 10.5 Å². The predicted octanol–water partition coefficient (Wildman–Crippen LogP) is 1.46. The molecule has 2 N–H and O–H groups in total. The second-order valence-corrected chi connectivity index (χ2v) is 6.77. The van der Waals surface area contributed by atoms with Crippen LogP contribution in [0.3, 0.4) is 0 Å². The predicted molar refractivity (Wildman–Crippen MR) is 80.3 cm³/mol. The number of ketones is 1. The van der Waals surface area contributed by atoms with Gasteiger partial charge in [0.05, 0.1) is 13.2 Å². The van der Waals surface area contributed by atoms with E-state index < -0.39 is 5.54 Å². The molecule has 0 aromatic heterocycles. The van der Waals surface area contributed by atoms with Crippen molar-refractivity contribution in [2.24, 2.45) is 11.7 Å². The van der Waals surface area contributed by atoms with E-state index in [1.54, 1.807) is 7.11 Å². The summed E-state index contributed by atoms with van der Waals surface area (Å²) >= 11 is 0. The molecule has 1 aromatic rings. The number of piperidine rings is 1. The molecule has 4 nitrogen and oxygen atoms in total. The minimum atomic E-state index is -0.813. The summed E-state index contributed by atoms with van der Waals surface area (Å²) in [6, 6.07) is 5.99. The molecule has 2 bridgehead atoms. The van der Waals surface area contributed by atoms with E-state index in [1.165, 1.54) is 18.4 Å². The van der Waals surface area contributed by atoms with Gasteiger partial charge in [-0.05, 0) is 54.9 Å². The van der Waals surface area contributed by atoms with Gasteiger partial charge in [0.2, 0.25) is 0 Å². The van der Waals surface area contributed by atoms with Crippen LogP contribution in [0.15, 0.2) is 18.2 Å². The maximum Gasteiger partial charge on any atom is 0.174 e. The Morgan fingerprint density at radius 1 is 1.43 bits per heavy atom. The third-order valence-electron chi connectivity index (χ3n) is 5.38. The van der Waals surface area contributed by atoms with E-state index in [0.29, 0.717) is 0 Å². The third-order valence-corrected chi connectivity index (χ3v) is 5.38. The van der Waals surface area contributed by atoms with Gasteiger partial charge in [-0.1, -0.05) is 6.07 Å². The van der Waals surface area contributed by atoms with Crippen LogP contribution in [0.5, 0.6) is 5.75 Å². The van der Waals surface area contributed by atoms with Crippen molar-refractivity contribution in [3.05, 3.63) is 29.3 Å².